The first-order chi connectivity index (χ1) is 14.2. The van der Waals surface area contributed by atoms with Gasteiger partial charge in [-0.05, 0) is 82.3 Å². The highest BCUT2D eigenvalue weighted by molar-refractivity contribution is 7.89. The van der Waals surface area contributed by atoms with E-state index in [1.54, 1.807) is 0 Å². The molecule has 0 bridgehead atoms. The second kappa shape index (κ2) is 9.82. The van der Waals surface area contributed by atoms with E-state index < -0.39 is 10.0 Å². The van der Waals surface area contributed by atoms with Crippen molar-refractivity contribution < 1.29 is 13.2 Å². The third kappa shape index (κ3) is 5.64. The van der Waals surface area contributed by atoms with Gasteiger partial charge in [-0.3, -0.25) is 4.79 Å². The zero-order valence-electron chi connectivity index (χ0n) is 19.0. The molecule has 0 aliphatic heterocycles. The Balaban J connectivity index is 1.49. The summed E-state index contributed by atoms with van der Waals surface area (Å²) in [7, 11) is -3.52. The van der Waals surface area contributed by atoms with Crippen LogP contribution in [0.25, 0.3) is 0 Å². The molecule has 0 radical (unpaired) electrons. The lowest BCUT2D eigenvalue weighted by Gasteiger charge is -2.33. The Hall–Kier alpha value is -1.40. The van der Waals surface area contributed by atoms with Gasteiger partial charge in [0.25, 0.3) is 0 Å². The summed E-state index contributed by atoms with van der Waals surface area (Å²) in [6, 6.07) is 4.16. The zero-order chi connectivity index (χ0) is 21.9. The minimum Gasteiger partial charge on any atom is -0.353 e. The Morgan fingerprint density at radius 1 is 0.967 bits per heavy atom. The van der Waals surface area contributed by atoms with Crippen molar-refractivity contribution in [2.75, 3.05) is 6.54 Å². The SMILES string of the molecule is Cc1cc(C)c(S(=O)(=O)NCC2CCC(C(=O)N[C@H]3CCCC[C@@H]3C)CC2)c(C)c1. The molecule has 5 nitrogen and oxygen atoms in total. The van der Waals surface area contributed by atoms with E-state index >= 15 is 0 Å². The summed E-state index contributed by atoms with van der Waals surface area (Å²) < 4.78 is 28.6. The molecule has 0 heterocycles. The third-order valence-electron chi connectivity index (χ3n) is 7.09. The maximum Gasteiger partial charge on any atom is 0.241 e. The summed E-state index contributed by atoms with van der Waals surface area (Å²) >= 11 is 0. The maximum atomic E-state index is 12.9. The Kier molecular flexibility index (Phi) is 7.61. The molecule has 30 heavy (non-hydrogen) atoms. The van der Waals surface area contributed by atoms with E-state index in [9.17, 15) is 13.2 Å². The average Bonchev–Trinajstić information content (AvgIpc) is 2.67. The Morgan fingerprint density at radius 3 is 2.17 bits per heavy atom. The van der Waals surface area contributed by atoms with E-state index in [0.717, 1.165) is 48.8 Å². The number of hydrogen-bond acceptors (Lipinski definition) is 3. The molecule has 2 fully saturated rings. The fraction of sp³-hybridized carbons (Fsp3) is 0.708. The molecule has 0 unspecified atom stereocenters. The number of carbonyl (C=O) groups is 1. The molecular weight excluding hydrogens is 396 g/mol. The molecule has 2 saturated carbocycles. The molecule has 6 heteroatoms. The number of aryl methyl sites for hydroxylation is 3. The van der Waals surface area contributed by atoms with Crippen LogP contribution >= 0.6 is 0 Å². The van der Waals surface area contributed by atoms with Crippen molar-refractivity contribution in [3.63, 3.8) is 0 Å². The molecule has 1 aromatic rings. The number of carbonyl (C=O) groups excluding carboxylic acids is 1. The van der Waals surface area contributed by atoms with Gasteiger partial charge in [0.15, 0.2) is 0 Å². The van der Waals surface area contributed by atoms with Crippen molar-refractivity contribution in [2.45, 2.75) is 90.0 Å². The minimum absolute atomic E-state index is 0.0774. The van der Waals surface area contributed by atoms with Gasteiger partial charge in [-0.1, -0.05) is 37.5 Å². The van der Waals surface area contributed by atoms with E-state index in [4.69, 9.17) is 0 Å². The number of hydrogen-bond donors (Lipinski definition) is 2. The van der Waals surface area contributed by atoms with Gasteiger partial charge in [-0.2, -0.15) is 0 Å². The summed E-state index contributed by atoms with van der Waals surface area (Å²) in [6.07, 6.45) is 8.28. The van der Waals surface area contributed by atoms with Gasteiger partial charge in [-0.25, -0.2) is 13.1 Å². The molecule has 0 spiro atoms. The van der Waals surface area contributed by atoms with Crippen LogP contribution in [0.2, 0.25) is 0 Å². The van der Waals surface area contributed by atoms with Crippen molar-refractivity contribution in [3.8, 4) is 0 Å². The van der Waals surface area contributed by atoms with Gasteiger partial charge in [0.05, 0.1) is 4.90 Å². The largest absolute Gasteiger partial charge is 0.353 e. The second-order valence-electron chi connectivity index (χ2n) is 9.67. The van der Waals surface area contributed by atoms with Crippen molar-refractivity contribution in [2.24, 2.45) is 17.8 Å². The molecule has 2 aliphatic carbocycles. The van der Waals surface area contributed by atoms with Gasteiger partial charge in [0, 0.05) is 18.5 Å². The van der Waals surface area contributed by atoms with E-state index in [-0.39, 0.29) is 11.8 Å². The van der Waals surface area contributed by atoms with Crippen molar-refractivity contribution in [1.82, 2.24) is 10.0 Å². The van der Waals surface area contributed by atoms with Crippen molar-refractivity contribution in [3.05, 3.63) is 28.8 Å². The Bertz CT molecular complexity index is 834. The summed E-state index contributed by atoms with van der Waals surface area (Å²) in [5.74, 6) is 1.15. The van der Waals surface area contributed by atoms with Gasteiger partial charge in [-0.15, -0.1) is 0 Å². The number of amides is 1. The third-order valence-corrected chi connectivity index (χ3v) is 8.82. The molecule has 0 aromatic heterocycles. The Labute approximate surface area is 182 Å². The predicted molar refractivity (Wildman–Crippen MR) is 121 cm³/mol. The maximum absolute atomic E-state index is 12.9. The predicted octanol–water partition coefficient (Wildman–Crippen LogP) is 4.39. The Morgan fingerprint density at radius 2 is 1.57 bits per heavy atom. The summed E-state index contributed by atoms with van der Waals surface area (Å²) in [5, 5.41) is 3.30. The van der Waals surface area contributed by atoms with Gasteiger partial charge >= 0.3 is 0 Å². The number of rotatable bonds is 6. The molecule has 1 aromatic carbocycles. The number of benzene rings is 1. The average molecular weight is 435 g/mol. The van der Waals surface area contributed by atoms with Crippen LogP contribution in [0.4, 0.5) is 0 Å². The van der Waals surface area contributed by atoms with Gasteiger partial charge in [0.1, 0.15) is 0 Å². The smallest absolute Gasteiger partial charge is 0.241 e. The summed E-state index contributed by atoms with van der Waals surface area (Å²) in [6.45, 7) is 8.37. The lowest BCUT2D eigenvalue weighted by Crippen LogP contribution is -2.44. The normalized spacial score (nSPS) is 27.6. The quantitative estimate of drug-likeness (QED) is 0.697. The molecule has 1 amide bonds. The van der Waals surface area contributed by atoms with E-state index in [0.29, 0.717) is 29.3 Å². The molecule has 2 atom stereocenters. The molecule has 0 saturated heterocycles. The van der Waals surface area contributed by atoms with E-state index in [2.05, 4.69) is 17.0 Å². The first kappa shape index (κ1) is 23.3. The van der Waals surface area contributed by atoms with Gasteiger partial charge in [0.2, 0.25) is 15.9 Å². The molecular formula is C24H38N2O3S. The highest BCUT2D eigenvalue weighted by atomic mass is 32.2. The first-order valence-corrected chi connectivity index (χ1v) is 13.0. The fourth-order valence-electron chi connectivity index (χ4n) is 5.35. The standard InChI is InChI=1S/C24H38N2O3S/c1-16-13-18(3)23(19(4)14-16)30(28,29)25-15-20-9-11-21(12-10-20)24(27)26-22-8-6-5-7-17(22)2/h13-14,17,20-22,25H,5-12,15H2,1-4H3,(H,26,27)/t17-,20?,21?,22-/m0/s1. The highest BCUT2D eigenvalue weighted by Gasteiger charge is 2.30. The second-order valence-corrected chi connectivity index (χ2v) is 11.4. The monoisotopic (exact) mass is 434 g/mol. The van der Waals surface area contributed by atoms with Crippen LogP contribution < -0.4 is 10.0 Å². The van der Waals surface area contributed by atoms with Gasteiger partial charge < -0.3 is 5.32 Å². The highest BCUT2D eigenvalue weighted by Crippen LogP contribution is 2.31. The first-order valence-electron chi connectivity index (χ1n) is 11.5. The topological polar surface area (TPSA) is 75.3 Å². The molecule has 2 aliphatic rings. The summed E-state index contributed by atoms with van der Waals surface area (Å²) in [5.41, 5.74) is 2.65. The zero-order valence-corrected chi connectivity index (χ0v) is 19.8. The number of sulfonamides is 1. The number of nitrogens with one attached hydrogen (secondary N) is 2. The van der Waals surface area contributed by atoms with Crippen LogP contribution in [0.3, 0.4) is 0 Å². The fourth-order valence-corrected chi connectivity index (χ4v) is 6.92. The molecule has 2 N–H and O–H groups in total. The van der Waals surface area contributed by atoms with Crippen LogP contribution in [-0.4, -0.2) is 26.9 Å². The van der Waals surface area contributed by atoms with Crippen molar-refractivity contribution in [1.29, 1.82) is 0 Å². The lowest BCUT2D eigenvalue weighted by atomic mass is 9.80. The van der Waals surface area contributed by atoms with Crippen molar-refractivity contribution >= 4 is 15.9 Å². The van der Waals surface area contributed by atoms with Crippen LogP contribution in [0.1, 0.15) is 75.0 Å². The summed E-state index contributed by atoms with van der Waals surface area (Å²) in [4.78, 5) is 13.1. The van der Waals surface area contributed by atoms with Crippen LogP contribution in [0.5, 0.6) is 0 Å². The van der Waals surface area contributed by atoms with Crippen LogP contribution in [-0.2, 0) is 14.8 Å². The van der Waals surface area contributed by atoms with E-state index in [1.165, 1.54) is 19.3 Å². The van der Waals surface area contributed by atoms with E-state index in [1.807, 2.05) is 32.9 Å². The molecule has 3 rings (SSSR count). The molecule has 168 valence electrons. The van der Waals surface area contributed by atoms with Crippen LogP contribution in [0, 0.1) is 38.5 Å². The minimum atomic E-state index is -3.52. The van der Waals surface area contributed by atoms with Crippen LogP contribution in [0.15, 0.2) is 17.0 Å². The lowest BCUT2D eigenvalue weighted by molar-refractivity contribution is -0.127.